The van der Waals surface area contributed by atoms with Crippen LogP contribution < -0.4 is 10.6 Å². The Kier molecular flexibility index (Phi) is 6.11. The molecule has 8 nitrogen and oxygen atoms in total. The Morgan fingerprint density at radius 3 is 2.88 bits per heavy atom. The molecule has 0 unspecified atom stereocenters. The fourth-order valence-corrected chi connectivity index (χ4v) is 3.46. The lowest BCUT2D eigenvalue weighted by molar-refractivity contribution is 0.0945. The summed E-state index contributed by atoms with van der Waals surface area (Å²) < 4.78 is 1.73. The first kappa shape index (κ1) is 18.0. The molecule has 2 N–H and O–H groups in total. The average Bonchev–Trinajstić information content (AvgIpc) is 3.28. The van der Waals surface area contributed by atoms with Gasteiger partial charge in [-0.15, -0.1) is 16.4 Å². The number of nitrogens with zero attached hydrogens (tertiary/aromatic N) is 5. The maximum Gasteiger partial charge on any atom is 0.273 e. The van der Waals surface area contributed by atoms with E-state index in [1.165, 1.54) is 0 Å². The first-order valence-electron chi connectivity index (χ1n) is 8.67. The summed E-state index contributed by atoms with van der Waals surface area (Å²) in [5.74, 6) is 0.192. The molecule has 0 aliphatic carbocycles. The summed E-state index contributed by atoms with van der Waals surface area (Å²) in [6.07, 6.45) is 1.71. The molecule has 0 aromatic carbocycles. The molecule has 1 aliphatic heterocycles. The van der Waals surface area contributed by atoms with Gasteiger partial charge in [0.2, 0.25) is 0 Å². The molecule has 0 atom stereocenters. The van der Waals surface area contributed by atoms with Gasteiger partial charge in [0.1, 0.15) is 0 Å². The molecule has 25 heavy (non-hydrogen) atoms. The van der Waals surface area contributed by atoms with Gasteiger partial charge in [0, 0.05) is 44.0 Å². The molecule has 3 rings (SSSR count). The van der Waals surface area contributed by atoms with Gasteiger partial charge in [0.05, 0.1) is 30.0 Å². The molecule has 2 aromatic rings. The van der Waals surface area contributed by atoms with Crippen molar-refractivity contribution in [2.24, 2.45) is 0 Å². The Balaban J connectivity index is 1.46. The van der Waals surface area contributed by atoms with Crippen molar-refractivity contribution in [2.75, 3.05) is 32.7 Å². The van der Waals surface area contributed by atoms with Crippen molar-refractivity contribution in [2.45, 2.75) is 32.9 Å². The van der Waals surface area contributed by atoms with Crippen LogP contribution in [0.3, 0.4) is 0 Å². The molecule has 1 fully saturated rings. The molecule has 1 amide bonds. The number of rotatable bonds is 7. The predicted molar refractivity (Wildman–Crippen MR) is 96.7 cm³/mol. The van der Waals surface area contributed by atoms with Crippen LogP contribution in [-0.2, 0) is 13.1 Å². The maximum absolute atomic E-state index is 12.2. The van der Waals surface area contributed by atoms with Crippen molar-refractivity contribution in [1.29, 1.82) is 0 Å². The van der Waals surface area contributed by atoms with E-state index in [9.17, 15) is 4.79 Å². The monoisotopic (exact) mass is 363 g/mol. The fourth-order valence-electron chi connectivity index (χ4n) is 2.62. The van der Waals surface area contributed by atoms with Gasteiger partial charge in [0.15, 0.2) is 5.69 Å². The van der Waals surface area contributed by atoms with Gasteiger partial charge < -0.3 is 10.6 Å². The average molecular weight is 363 g/mol. The molecule has 3 heterocycles. The normalized spacial score (nSPS) is 15.6. The lowest BCUT2D eigenvalue weighted by atomic mass is 10.2. The van der Waals surface area contributed by atoms with Crippen LogP contribution in [0.4, 0.5) is 0 Å². The third kappa shape index (κ3) is 5.07. The smallest absolute Gasteiger partial charge is 0.273 e. The first-order valence-corrected chi connectivity index (χ1v) is 9.55. The lowest BCUT2D eigenvalue weighted by Gasteiger charge is -2.26. The third-order valence-electron chi connectivity index (χ3n) is 4.12. The van der Waals surface area contributed by atoms with Gasteiger partial charge in [-0.1, -0.05) is 19.1 Å². The van der Waals surface area contributed by atoms with E-state index in [1.54, 1.807) is 22.2 Å². The zero-order chi connectivity index (χ0) is 17.6. The highest BCUT2D eigenvalue weighted by atomic mass is 32.1. The zero-order valence-electron chi connectivity index (χ0n) is 14.7. The number of thiazole rings is 1. The van der Waals surface area contributed by atoms with Crippen LogP contribution in [0.5, 0.6) is 0 Å². The quantitative estimate of drug-likeness (QED) is 0.753. The molecular weight excluding hydrogens is 338 g/mol. The number of carbonyl (C=O) groups is 1. The van der Waals surface area contributed by atoms with Crippen molar-refractivity contribution >= 4 is 17.2 Å². The molecular formula is C16H25N7OS. The van der Waals surface area contributed by atoms with Gasteiger partial charge in [-0.3, -0.25) is 14.4 Å². The van der Waals surface area contributed by atoms with Crippen molar-refractivity contribution in [1.82, 2.24) is 35.5 Å². The van der Waals surface area contributed by atoms with E-state index in [0.29, 0.717) is 18.2 Å². The molecule has 2 aromatic heterocycles. The Hall–Kier alpha value is -1.84. The van der Waals surface area contributed by atoms with Crippen LogP contribution in [0.1, 0.15) is 41.0 Å². The number of aromatic nitrogens is 4. The molecule has 1 saturated heterocycles. The minimum atomic E-state index is -0.215. The summed E-state index contributed by atoms with van der Waals surface area (Å²) in [4.78, 5) is 19.1. The molecule has 9 heteroatoms. The molecule has 1 aliphatic rings. The topological polar surface area (TPSA) is 88.0 Å². The molecule has 0 saturated carbocycles. The van der Waals surface area contributed by atoms with Crippen LogP contribution in [0.2, 0.25) is 0 Å². The second-order valence-electron chi connectivity index (χ2n) is 6.47. The van der Waals surface area contributed by atoms with Gasteiger partial charge in [-0.25, -0.2) is 4.98 Å². The van der Waals surface area contributed by atoms with E-state index in [1.807, 2.05) is 5.38 Å². The standard InChI is InChI=1S/C16H25N7OS/c1-12(2)16-19-13(11-25-16)9-18-15(24)14-10-23(21-20-14)8-7-22-5-3-17-4-6-22/h10-12,17H,3-9H2,1-2H3,(H,18,24). The third-order valence-corrected chi connectivity index (χ3v) is 5.31. The van der Waals surface area contributed by atoms with E-state index in [0.717, 1.165) is 50.0 Å². The fraction of sp³-hybridized carbons (Fsp3) is 0.625. The maximum atomic E-state index is 12.2. The second kappa shape index (κ2) is 8.50. The van der Waals surface area contributed by atoms with Crippen LogP contribution in [0.15, 0.2) is 11.6 Å². The Labute approximate surface area is 151 Å². The molecule has 0 radical (unpaired) electrons. The largest absolute Gasteiger partial charge is 0.345 e. The minimum absolute atomic E-state index is 0.215. The summed E-state index contributed by atoms with van der Waals surface area (Å²) in [6.45, 7) is 10.4. The molecule has 0 bridgehead atoms. The van der Waals surface area contributed by atoms with Gasteiger partial charge in [0.25, 0.3) is 5.91 Å². The van der Waals surface area contributed by atoms with Crippen molar-refractivity contribution in [3.63, 3.8) is 0 Å². The number of amides is 1. The predicted octanol–water partition coefficient (Wildman–Crippen LogP) is 0.693. The van der Waals surface area contributed by atoms with Gasteiger partial charge >= 0.3 is 0 Å². The van der Waals surface area contributed by atoms with Gasteiger partial charge in [-0.2, -0.15) is 0 Å². The molecule has 136 valence electrons. The SMILES string of the molecule is CC(C)c1nc(CNC(=O)c2cn(CCN3CCNCC3)nn2)cs1. The highest BCUT2D eigenvalue weighted by Crippen LogP contribution is 2.18. The number of hydrogen-bond acceptors (Lipinski definition) is 7. The van der Waals surface area contributed by atoms with Gasteiger partial charge in [-0.05, 0) is 0 Å². The van der Waals surface area contributed by atoms with E-state index in [-0.39, 0.29) is 5.91 Å². The number of nitrogens with one attached hydrogen (secondary N) is 2. The van der Waals surface area contributed by atoms with Crippen molar-refractivity contribution in [3.8, 4) is 0 Å². The Bertz CT molecular complexity index is 690. The Morgan fingerprint density at radius 1 is 1.36 bits per heavy atom. The van der Waals surface area contributed by atoms with E-state index in [4.69, 9.17) is 0 Å². The highest BCUT2D eigenvalue weighted by molar-refractivity contribution is 7.09. The van der Waals surface area contributed by atoms with Crippen LogP contribution in [-0.4, -0.2) is 63.5 Å². The lowest BCUT2D eigenvalue weighted by Crippen LogP contribution is -2.44. The Morgan fingerprint density at radius 2 is 2.16 bits per heavy atom. The summed E-state index contributed by atoms with van der Waals surface area (Å²) in [7, 11) is 0. The number of piperazine rings is 1. The summed E-state index contributed by atoms with van der Waals surface area (Å²) in [5.41, 5.74) is 1.23. The summed E-state index contributed by atoms with van der Waals surface area (Å²) >= 11 is 1.63. The van der Waals surface area contributed by atoms with Crippen molar-refractivity contribution < 1.29 is 4.79 Å². The highest BCUT2D eigenvalue weighted by Gasteiger charge is 2.13. The zero-order valence-corrected chi connectivity index (χ0v) is 15.6. The number of hydrogen-bond donors (Lipinski definition) is 2. The first-order chi connectivity index (χ1) is 12.1. The van der Waals surface area contributed by atoms with E-state index in [2.05, 4.69) is 44.7 Å². The number of carbonyl (C=O) groups excluding carboxylic acids is 1. The molecule has 0 spiro atoms. The van der Waals surface area contributed by atoms with Crippen LogP contribution in [0.25, 0.3) is 0 Å². The summed E-state index contributed by atoms with van der Waals surface area (Å²) in [6, 6.07) is 0. The van der Waals surface area contributed by atoms with Crippen LogP contribution >= 0.6 is 11.3 Å². The second-order valence-corrected chi connectivity index (χ2v) is 7.36. The van der Waals surface area contributed by atoms with E-state index >= 15 is 0 Å². The van der Waals surface area contributed by atoms with Crippen LogP contribution in [0, 0.1) is 0 Å². The van der Waals surface area contributed by atoms with E-state index < -0.39 is 0 Å². The van der Waals surface area contributed by atoms with Crippen molar-refractivity contribution in [3.05, 3.63) is 28.0 Å². The summed E-state index contributed by atoms with van der Waals surface area (Å²) in [5, 5.41) is 17.3. The minimum Gasteiger partial charge on any atom is -0.345 e.